The van der Waals surface area contributed by atoms with Crippen molar-refractivity contribution in [3.05, 3.63) is 29.8 Å². The molecule has 0 radical (unpaired) electrons. The van der Waals surface area contributed by atoms with Crippen molar-refractivity contribution < 1.29 is 9.53 Å². The van der Waals surface area contributed by atoms with Crippen molar-refractivity contribution in [3.63, 3.8) is 0 Å². The molecule has 4 heteroatoms. The minimum Gasteiger partial charge on any atom is -0.494 e. The van der Waals surface area contributed by atoms with Crippen molar-refractivity contribution in [2.24, 2.45) is 5.92 Å². The van der Waals surface area contributed by atoms with Crippen molar-refractivity contribution in [1.82, 2.24) is 5.32 Å². The van der Waals surface area contributed by atoms with Gasteiger partial charge in [-0.05, 0) is 43.5 Å². The van der Waals surface area contributed by atoms with Gasteiger partial charge in [0.25, 0.3) is 5.91 Å². The smallest absolute Gasteiger partial charge is 0.251 e. The monoisotopic (exact) mass is 269 g/mol. The van der Waals surface area contributed by atoms with Crippen LogP contribution >= 0.6 is 11.6 Å². The highest BCUT2D eigenvalue weighted by molar-refractivity contribution is 6.17. The maximum Gasteiger partial charge on any atom is 0.251 e. The summed E-state index contributed by atoms with van der Waals surface area (Å²) in [7, 11) is 0. The van der Waals surface area contributed by atoms with Gasteiger partial charge in [0.05, 0.1) is 6.61 Å². The molecular formula is C14H20ClNO2. The van der Waals surface area contributed by atoms with Crippen LogP contribution < -0.4 is 10.1 Å². The number of hydrogen-bond donors (Lipinski definition) is 1. The first kappa shape index (κ1) is 14.8. The molecule has 0 heterocycles. The predicted molar refractivity (Wildman–Crippen MR) is 74.4 cm³/mol. The van der Waals surface area contributed by atoms with Gasteiger partial charge in [0, 0.05) is 18.0 Å². The van der Waals surface area contributed by atoms with Gasteiger partial charge in [-0.3, -0.25) is 4.79 Å². The number of carbonyl (C=O) groups excluding carboxylic acids is 1. The summed E-state index contributed by atoms with van der Waals surface area (Å²) in [6.07, 6.45) is 0.908. The van der Waals surface area contributed by atoms with Crippen molar-refractivity contribution >= 4 is 17.5 Å². The minimum absolute atomic E-state index is 0.0560. The number of nitrogens with one attached hydrogen (secondary N) is 1. The summed E-state index contributed by atoms with van der Waals surface area (Å²) >= 11 is 5.65. The van der Waals surface area contributed by atoms with Crippen LogP contribution in [-0.2, 0) is 0 Å². The van der Waals surface area contributed by atoms with Crippen molar-refractivity contribution in [2.45, 2.75) is 20.3 Å². The average molecular weight is 270 g/mol. The molecule has 1 atom stereocenters. The molecule has 1 unspecified atom stereocenters. The van der Waals surface area contributed by atoms with Crippen LogP contribution in [0.3, 0.4) is 0 Å². The lowest BCUT2D eigenvalue weighted by Gasteiger charge is -2.11. The second kappa shape index (κ2) is 7.98. The van der Waals surface area contributed by atoms with E-state index in [9.17, 15) is 4.79 Å². The van der Waals surface area contributed by atoms with E-state index in [-0.39, 0.29) is 5.91 Å². The van der Waals surface area contributed by atoms with E-state index in [4.69, 9.17) is 16.3 Å². The molecule has 1 aromatic rings. The van der Waals surface area contributed by atoms with E-state index in [0.717, 1.165) is 12.2 Å². The Bertz CT molecular complexity index is 365. The summed E-state index contributed by atoms with van der Waals surface area (Å²) in [4.78, 5) is 11.8. The summed E-state index contributed by atoms with van der Waals surface area (Å²) in [5, 5.41) is 2.90. The molecule has 0 aliphatic heterocycles. The normalized spacial score (nSPS) is 11.9. The van der Waals surface area contributed by atoms with Gasteiger partial charge in [0.2, 0.25) is 0 Å². The standard InChI is InChI=1S/C14H20ClNO2/c1-3-18-13-6-4-12(5-7-13)14(17)16-10-11(2)8-9-15/h4-7,11H,3,8-10H2,1-2H3,(H,16,17). The Morgan fingerprint density at radius 1 is 1.39 bits per heavy atom. The van der Waals surface area contributed by atoms with E-state index in [0.29, 0.717) is 30.5 Å². The summed E-state index contributed by atoms with van der Waals surface area (Å²) in [5.41, 5.74) is 0.650. The number of alkyl halides is 1. The quantitative estimate of drug-likeness (QED) is 0.773. The van der Waals surface area contributed by atoms with Crippen LogP contribution in [-0.4, -0.2) is 24.9 Å². The van der Waals surface area contributed by atoms with E-state index < -0.39 is 0 Å². The van der Waals surface area contributed by atoms with Crippen LogP contribution in [0, 0.1) is 5.92 Å². The number of carbonyl (C=O) groups is 1. The third kappa shape index (κ3) is 4.96. The fourth-order valence-corrected chi connectivity index (χ4v) is 1.90. The van der Waals surface area contributed by atoms with Crippen LogP contribution in [0.25, 0.3) is 0 Å². The predicted octanol–water partition coefficient (Wildman–Crippen LogP) is 3.08. The van der Waals surface area contributed by atoms with Crippen LogP contribution in [0.15, 0.2) is 24.3 Å². The van der Waals surface area contributed by atoms with Gasteiger partial charge in [0.15, 0.2) is 0 Å². The Labute approximate surface area is 113 Å². The van der Waals surface area contributed by atoms with Crippen LogP contribution in [0.2, 0.25) is 0 Å². The third-order valence-corrected chi connectivity index (χ3v) is 2.86. The number of amides is 1. The summed E-state index contributed by atoms with van der Waals surface area (Å²) < 4.78 is 5.32. The lowest BCUT2D eigenvalue weighted by Crippen LogP contribution is -2.28. The number of benzene rings is 1. The molecule has 1 aromatic carbocycles. The lowest BCUT2D eigenvalue weighted by atomic mass is 10.1. The van der Waals surface area contributed by atoms with Gasteiger partial charge in [-0.15, -0.1) is 11.6 Å². The van der Waals surface area contributed by atoms with E-state index in [2.05, 4.69) is 12.2 Å². The van der Waals surface area contributed by atoms with Crippen molar-refractivity contribution in [2.75, 3.05) is 19.0 Å². The average Bonchev–Trinajstić information content (AvgIpc) is 2.37. The zero-order chi connectivity index (χ0) is 13.4. The van der Waals surface area contributed by atoms with Gasteiger partial charge >= 0.3 is 0 Å². The number of hydrogen-bond acceptors (Lipinski definition) is 2. The molecule has 0 saturated heterocycles. The zero-order valence-corrected chi connectivity index (χ0v) is 11.7. The second-order valence-corrected chi connectivity index (χ2v) is 4.63. The van der Waals surface area contributed by atoms with E-state index >= 15 is 0 Å². The molecule has 0 saturated carbocycles. The largest absolute Gasteiger partial charge is 0.494 e. The first-order valence-corrected chi connectivity index (χ1v) is 6.77. The maximum atomic E-state index is 11.8. The van der Waals surface area contributed by atoms with Gasteiger partial charge in [-0.2, -0.15) is 0 Å². The summed E-state index contributed by atoms with van der Waals surface area (Å²) in [6, 6.07) is 7.15. The molecule has 18 heavy (non-hydrogen) atoms. The topological polar surface area (TPSA) is 38.3 Å². The lowest BCUT2D eigenvalue weighted by molar-refractivity contribution is 0.0948. The first-order chi connectivity index (χ1) is 8.67. The first-order valence-electron chi connectivity index (χ1n) is 6.24. The van der Waals surface area contributed by atoms with Crippen LogP contribution in [0.5, 0.6) is 5.75 Å². The van der Waals surface area contributed by atoms with E-state index in [1.165, 1.54) is 0 Å². The summed E-state index contributed by atoms with van der Waals surface area (Å²) in [6.45, 7) is 5.28. The van der Waals surface area contributed by atoms with Gasteiger partial charge in [0.1, 0.15) is 5.75 Å². The fraction of sp³-hybridized carbons (Fsp3) is 0.500. The SMILES string of the molecule is CCOc1ccc(C(=O)NCC(C)CCCl)cc1. The number of rotatable bonds is 7. The molecule has 1 rings (SSSR count). The van der Waals surface area contributed by atoms with Gasteiger partial charge in [-0.1, -0.05) is 6.92 Å². The second-order valence-electron chi connectivity index (χ2n) is 4.25. The van der Waals surface area contributed by atoms with Gasteiger partial charge in [-0.25, -0.2) is 0 Å². The Hall–Kier alpha value is -1.22. The van der Waals surface area contributed by atoms with Crippen molar-refractivity contribution in [1.29, 1.82) is 0 Å². The maximum absolute atomic E-state index is 11.8. The Kier molecular flexibility index (Phi) is 6.58. The molecule has 0 spiro atoms. The molecule has 3 nitrogen and oxygen atoms in total. The minimum atomic E-state index is -0.0560. The van der Waals surface area contributed by atoms with Crippen LogP contribution in [0.4, 0.5) is 0 Å². The Morgan fingerprint density at radius 3 is 2.61 bits per heavy atom. The molecule has 1 amide bonds. The Balaban J connectivity index is 2.46. The molecule has 1 N–H and O–H groups in total. The van der Waals surface area contributed by atoms with E-state index in [1.54, 1.807) is 24.3 Å². The molecule has 0 aliphatic carbocycles. The van der Waals surface area contributed by atoms with Crippen LogP contribution in [0.1, 0.15) is 30.6 Å². The highest BCUT2D eigenvalue weighted by Crippen LogP contribution is 2.12. The molecule has 0 bridgehead atoms. The molecule has 0 fully saturated rings. The number of ether oxygens (including phenoxy) is 1. The molecule has 0 aliphatic rings. The highest BCUT2D eigenvalue weighted by atomic mass is 35.5. The molecular weight excluding hydrogens is 250 g/mol. The highest BCUT2D eigenvalue weighted by Gasteiger charge is 2.07. The van der Waals surface area contributed by atoms with Gasteiger partial charge < -0.3 is 10.1 Å². The zero-order valence-electron chi connectivity index (χ0n) is 10.9. The Morgan fingerprint density at radius 2 is 2.06 bits per heavy atom. The third-order valence-electron chi connectivity index (χ3n) is 2.64. The molecule has 100 valence electrons. The van der Waals surface area contributed by atoms with E-state index in [1.807, 2.05) is 6.92 Å². The molecule has 0 aromatic heterocycles. The fourth-order valence-electron chi connectivity index (χ4n) is 1.53. The summed E-state index contributed by atoms with van der Waals surface area (Å²) in [5.74, 6) is 1.75. The number of halogens is 1. The van der Waals surface area contributed by atoms with Crippen molar-refractivity contribution in [3.8, 4) is 5.75 Å².